The molecule has 0 radical (unpaired) electrons. The van der Waals surface area contributed by atoms with Crippen LogP contribution in [-0.4, -0.2) is 25.1 Å². The highest BCUT2D eigenvalue weighted by Gasteiger charge is 2.21. The maximum absolute atomic E-state index is 12.8. The van der Waals surface area contributed by atoms with Crippen LogP contribution >= 0.6 is 0 Å². The Morgan fingerprint density at radius 2 is 1.81 bits per heavy atom. The van der Waals surface area contributed by atoms with E-state index in [0.717, 1.165) is 41.4 Å². The predicted molar refractivity (Wildman–Crippen MR) is 129 cm³/mol. The van der Waals surface area contributed by atoms with Gasteiger partial charge in [0.15, 0.2) is 6.10 Å². The molecule has 1 heterocycles. The number of rotatable bonds is 7. The normalized spacial score (nSPS) is 18.5. The third-order valence-electron chi connectivity index (χ3n) is 6.24. The van der Waals surface area contributed by atoms with Gasteiger partial charge < -0.3 is 15.0 Å². The molecule has 0 aliphatic carbocycles. The van der Waals surface area contributed by atoms with E-state index >= 15 is 0 Å². The van der Waals surface area contributed by atoms with Gasteiger partial charge in [0.25, 0.3) is 5.91 Å². The van der Waals surface area contributed by atoms with Gasteiger partial charge in [0.1, 0.15) is 5.75 Å². The Kier molecular flexibility index (Phi) is 7.64. The highest BCUT2D eigenvalue weighted by atomic mass is 16.5. The third-order valence-corrected chi connectivity index (χ3v) is 6.24. The molecule has 1 fully saturated rings. The summed E-state index contributed by atoms with van der Waals surface area (Å²) in [5.74, 6) is 1.78. The lowest BCUT2D eigenvalue weighted by molar-refractivity contribution is -0.127. The van der Waals surface area contributed by atoms with Gasteiger partial charge in [-0.2, -0.15) is 0 Å². The van der Waals surface area contributed by atoms with Crippen molar-refractivity contribution in [1.82, 2.24) is 5.32 Å². The predicted octanol–water partition coefficient (Wildman–Crippen LogP) is 6.00. The van der Waals surface area contributed by atoms with Crippen LogP contribution in [0.15, 0.2) is 42.5 Å². The monoisotopic (exact) mass is 422 g/mol. The molecule has 2 aromatic rings. The molecule has 1 amide bonds. The smallest absolute Gasteiger partial charge is 0.261 e. The largest absolute Gasteiger partial charge is 0.481 e. The van der Waals surface area contributed by atoms with Crippen molar-refractivity contribution in [3.05, 3.63) is 59.2 Å². The van der Waals surface area contributed by atoms with Crippen LogP contribution in [0.5, 0.6) is 5.75 Å². The summed E-state index contributed by atoms with van der Waals surface area (Å²) in [5.41, 5.74) is 4.63. The van der Waals surface area contributed by atoms with E-state index in [2.05, 4.69) is 67.4 Å². The minimum atomic E-state index is -0.559. The highest BCUT2D eigenvalue weighted by molar-refractivity contribution is 5.81. The zero-order chi connectivity index (χ0) is 22.5. The van der Waals surface area contributed by atoms with E-state index in [1.54, 1.807) is 0 Å². The van der Waals surface area contributed by atoms with Gasteiger partial charge in [-0.05, 0) is 80.3 Å². The molecule has 0 aromatic heterocycles. The summed E-state index contributed by atoms with van der Waals surface area (Å²) in [6.45, 7) is 14.7. The zero-order valence-electron chi connectivity index (χ0n) is 19.9. The lowest BCUT2D eigenvalue weighted by Gasteiger charge is -2.33. The van der Waals surface area contributed by atoms with Crippen LogP contribution in [0.25, 0.3) is 0 Å². The van der Waals surface area contributed by atoms with Crippen molar-refractivity contribution in [3.63, 3.8) is 0 Å². The Balaban J connectivity index is 1.60. The highest BCUT2D eigenvalue weighted by Crippen LogP contribution is 2.29. The van der Waals surface area contributed by atoms with Crippen LogP contribution in [0.3, 0.4) is 0 Å². The molecule has 168 valence electrons. The summed E-state index contributed by atoms with van der Waals surface area (Å²) in [4.78, 5) is 15.3. The number of benzene rings is 2. The maximum atomic E-state index is 12.8. The van der Waals surface area contributed by atoms with Crippen molar-refractivity contribution in [1.29, 1.82) is 0 Å². The summed E-state index contributed by atoms with van der Waals surface area (Å²) in [5, 5.41) is 3.11. The molecule has 2 aromatic carbocycles. The summed E-state index contributed by atoms with van der Waals surface area (Å²) < 4.78 is 6.08. The van der Waals surface area contributed by atoms with E-state index < -0.39 is 6.10 Å². The number of amides is 1. The Morgan fingerprint density at radius 3 is 2.45 bits per heavy atom. The van der Waals surface area contributed by atoms with Crippen LogP contribution < -0.4 is 15.0 Å². The standard InChI is InChI=1S/C27H38N2O2/c1-18(2)25-14-9-19(3)16-26(25)31-22(6)27(30)28-21(5)23-10-12-24(13-11-23)29-15-7-8-20(4)17-29/h9-14,16,18,20-22H,7-8,15,17H2,1-6H3,(H,28,30)/t20-,21+,22+/m1/s1. The Hall–Kier alpha value is -2.49. The minimum absolute atomic E-state index is 0.0741. The van der Waals surface area contributed by atoms with E-state index in [1.807, 2.05) is 26.8 Å². The fourth-order valence-electron chi connectivity index (χ4n) is 4.28. The zero-order valence-corrected chi connectivity index (χ0v) is 19.9. The second kappa shape index (κ2) is 10.2. The first kappa shape index (κ1) is 23.2. The Labute approximate surface area is 188 Å². The number of ether oxygens (including phenoxy) is 1. The van der Waals surface area contributed by atoms with E-state index in [9.17, 15) is 4.79 Å². The third kappa shape index (κ3) is 6.03. The first-order valence-electron chi connectivity index (χ1n) is 11.7. The van der Waals surface area contributed by atoms with Gasteiger partial charge in [-0.3, -0.25) is 4.79 Å². The van der Waals surface area contributed by atoms with Gasteiger partial charge in [0, 0.05) is 18.8 Å². The van der Waals surface area contributed by atoms with Crippen molar-refractivity contribution in [3.8, 4) is 5.75 Å². The quantitative estimate of drug-likeness (QED) is 0.595. The lowest BCUT2D eigenvalue weighted by atomic mass is 9.99. The number of nitrogens with zero attached hydrogens (tertiary/aromatic N) is 1. The molecule has 0 saturated carbocycles. The number of nitrogens with one attached hydrogen (secondary N) is 1. The molecular weight excluding hydrogens is 384 g/mol. The van der Waals surface area contributed by atoms with Crippen molar-refractivity contribution in [2.45, 2.75) is 72.4 Å². The molecule has 1 N–H and O–H groups in total. The molecule has 4 heteroatoms. The molecule has 0 bridgehead atoms. The average Bonchev–Trinajstić information content (AvgIpc) is 2.73. The minimum Gasteiger partial charge on any atom is -0.481 e. The van der Waals surface area contributed by atoms with Crippen LogP contribution in [0, 0.1) is 12.8 Å². The molecule has 1 aliphatic rings. The summed E-state index contributed by atoms with van der Waals surface area (Å²) in [7, 11) is 0. The van der Waals surface area contributed by atoms with Gasteiger partial charge in [-0.1, -0.05) is 45.0 Å². The second-order valence-corrected chi connectivity index (χ2v) is 9.47. The molecule has 31 heavy (non-hydrogen) atoms. The van der Waals surface area contributed by atoms with Crippen LogP contribution in [-0.2, 0) is 4.79 Å². The first-order valence-corrected chi connectivity index (χ1v) is 11.7. The van der Waals surface area contributed by atoms with E-state index in [1.165, 1.54) is 18.5 Å². The average molecular weight is 423 g/mol. The number of hydrogen-bond acceptors (Lipinski definition) is 3. The molecule has 1 saturated heterocycles. The van der Waals surface area contributed by atoms with Crippen LogP contribution in [0.1, 0.15) is 76.1 Å². The van der Waals surface area contributed by atoms with Gasteiger partial charge in [0.2, 0.25) is 0 Å². The van der Waals surface area contributed by atoms with Gasteiger partial charge in [-0.15, -0.1) is 0 Å². The number of piperidine rings is 1. The Bertz CT molecular complexity index is 875. The topological polar surface area (TPSA) is 41.6 Å². The fraction of sp³-hybridized carbons (Fsp3) is 0.519. The van der Waals surface area contributed by atoms with Crippen LogP contribution in [0.4, 0.5) is 5.69 Å². The number of hydrogen-bond donors (Lipinski definition) is 1. The maximum Gasteiger partial charge on any atom is 0.261 e. The molecule has 0 spiro atoms. The van der Waals surface area contributed by atoms with E-state index in [0.29, 0.717) is 5.92 Å². The van der Waals surface area contributed by atoms with Crippen LogP contribution in [0.2, 0.25) is 0 Å². The number of aryl methyl sites for hydroxylation is 1. The molecule has 0 unspecified atom stereocenters. The van der Waals surface area contributed by atoms with Gasteiger partial charge in [-0.25, -0.2) is 0 Å². The van der Waals surface area contributed by atoms with E-state index in [-0.39, 0.29) is 11.9 Å². The SMILES string of the molecule is Cc1ccc(C(C)C)c(O[C@@H](C)C(=O)N[C@@H](C)c2ccc(N3CCC[C@@H](C)C3)cc2)c1. The summed E-state index contributed by atoms with van der Waals surface area (Å²) in [6.07, 6.45) is 2.02. The van der Waals surface area contributed by atoms with Crippen molar-refractivity contribution in [2.75, 3.05) is 18.0 Å². The fourth-order valence-corrected chi connectivity index (χ4v) is 4.28. The van der Waals surface area contributed by atoms with Crippen molar-refractivity contribution >= 4 is 11.6 Å². The number of carbonyl (C=O) groups is 1. The summed E-state index contributed by atoms with van der Waals surface area (Å²) in [6, 6.07) is 14.7. The van der Waals surface area contributed by atoms with E-state index in [4.69, 9.17) is 4.74 Å². The molecule has 4 nitrogen and oxygen atoms in total. The molecule has 3 atom stereocenters. The second-order valence-electron chi connectivity index (χ2n) is 9.47. The molecule has 3 rings (SSSR count). The molecule has 1 aliphatic heterocycles. The van der Waals surface area contributed by atoms with Gasteiger partial charge >= 0.3 is 0 Å². The van der Waals surface area contributed by atoms with Gasteiger partial charge in [0.05, 0.1) is 6.04 Å². The first-order chi connectivity index (χ1) is 14.7. The Morgan fingerprint density at radius 1 is 1.10 bits per heavy atom. The van der Waals surface area contributed by atoms with Crippen molar-refractivity contribution in [2.24, 2.45) is 5.92 Å². The lowest BCUT2D eigenvalue weighted by Crippen LogP contribution is -2.38. The number of carbonyl (C=O) groups excluding carboxylic acids is 1. The molecular formula is C27H38N2O2. The number of anilines is 1. The summed E-state index contributed by atoms with van der Waals surface area (Å²) >= 11 is 0. The van der Waals surface area contributed by atoms with Crippen molar-refractivity contribution < 1.29 is 9.53 Å².